The van der Waals surface area contributed by atoms with E-state index in [2.05, 4.69) is 15.3 Å². The Labute approximate surface area is 181 Å². The maximum Gasteiger partial charge on any atom is 0.161 e. The van der Waals surface area contributed by atoms with E-state index < -0.39 is 0 Å². The Morgan fingerprint density at radius 1 is 1.10 bits per heavy atom. The van der Waals surface area contributed by atoms with Crippen molar-refractivity contribution in [3.8, 4) is 22.1 Å². The second-order valence-corrected chi connectivity index (χ2v) is 9.62. The standard InChI is InChI=1S/C21H19N3O2S3/c1-25-15-7-6-12(8-16(15)26-2)19-24-13(9-27-19)10-28-20-18-14-4-3-5-17(14)29-21(18)23-11-22-20/h6-9,11H,3-5,10H2,1-2H3. The SMILES string of the molecule is COc1ccc(-c2nc(CSc3ncnc4sc5c(c34)CCC5)cs2)cc1OC. The van der Waals surface area contributed by atoms with E-state index in [4.69, 9.17) is 14.5 Å². The highest BCUT2D eigenvalue weighted by Gasteiger charge is 2.21. The normalized spacial score (nSPS) is 13.0. The summed E-state index contributed by atoms with van der Waals surface area (Å²) in [6, 6.07) is 5.90. The molecule has 8 heteroatoms. The van der Waals surface area contributed by atoms with Crippen LogP contribution in [0.15, 0.2) is 34.9 Å². The Hall–Kier alpha value is -2.16. The lowest BCUT2D eigenvalue weighted by atomic mass is 10.2. The van der Waals surface area contributed by atoms with Crippen molar-refractivity contribution in [1.29, 1.82) is 0 Å². The lowest BCUT2D eigenvalue weighted by molar-refractivity contribution is 0.355. The predicted molar refractivity (Wildman–Crippen MR) is 120 cm³/mol. The summed E-state index contributed by atoms with van der Waals surface area (Å²) in [7, 11) is 3.29. The Kier molecular flexibility index (Phi) is 5.15. The van der Waals surface area contributed by atoms with E-state index in [1.807, 2.05) is 29.5 Å². The number of benzene rings is 1. The molecule has 3 heterocycles. The van der Waals surface area contributed by atoms with E-state index in [1.54, 1.807) is 43.6 Å². The molecule has 29 heavy (non-hydrogen) atoms. The van der Waals surface area contributed by atoms with Crippen LogP contribution in [0.2, 0.25) is 0 Å². The van der Waals surface area contributed by atoms with Gasteiger partial charge in [-0.3, -0.25) is 0 Å². The number of methoxy groups -OCH3 is 2. The summed E-state index contributed by atoms with van der Waals surface area (Å²) in [5, 5.41) is 5.45. The molecule has 5 nitrogen and oxygen atoms in total. The zero-order valence-corrected chi connectivity index (χ0v) is 18.5. The summed E-state index contributed by atoms with van der Waals surface area (Å²) >= 11 is 5.23. The molecule has 5 rings (SSSR count). The molecule has 0 bridgehead atoms. The number of ether oxygens (including phenoxy) is 2. The number of thiazole rings is 1. The van der Waals surface area contributed by atoms with E-state index in [1.165, 1.54) is 28.7 Å². The summed E-state index contributed by atoms with van der Waals surface area (Å²) in [6.07, 6.45) is 5.26. The average molecular weight is 442 g/mol. The highest BCUT2D eigenvalue weighted by Crippen LogP contribution is 2.41. The van der Waals surface area contributed by atoms with Crippen molar-refractivity contribution in [3.63, 3.8) is 0 Å². The van der Waals surface area contributed by atoms with E-state index in [-0.39, 0.29) is 0 Å². The maximum atomic E-state index is 5.41. The van der Waals surface area contributed by atoms with Crippen molar-refractivity contribution in [1.82, 2.24) is 15.0 Å². The minimum Gasteiger partial charge on any atom is -0.493 e. The van der Waals surface area contributed by atoms with Crippen LogP contribution >= 0.6 is 34.4 Å². The molecule has 1 aliphatic carbocycles. The molecule has 0 aliphatic heterocycles. The Bertz CT molecular complexity index is 1190. The van der Waals surface area contributed by atoms with Gasteiger partial charge in [0.25, 0.3) is 0 Å². The molecule has 3 aromatic heterocycles. The van der Waals surface area contributed by atoms with E-state index in [0.717, 1.165) is 44.0 Å². The summed E-state index contributed by atoms with van der Waals surface area (Å²) in [5.41, 5.74) is 3.56. The topological polar surface area (TPSA) is 57.1 Å². The Morgan fingerprint density at radius 2 is 2.00 bits per heavy atom. The number of aryl methyl sites for hydroxylation is 2. The Balaban J connectivity index is 1.37. The zero-order valence-electron chi connectivity index (χ0n) is 16.1. The number of fused-ring (bicyclic) bond motifs is 3. The van der Waals surface area contributed by atoms with Gasteiger partial charge in [-0.05, 0) is 43.0 Å². The summed E-state index contributed by atoms with van der Waals surface area (Å²) < 4.78 is 10.7. The molecule has 0 radical (unpaired) electrons. The van der Waals surface area contributed by atoms with Gasteiger partial charge in [-0.1, -0.05) is 11.8 Å². The summed E-state index contributed by atoms with van der Waals surface area (Å²) in [6.45, 7) is 0. The fraction of sp³-hybridized carbons (Fsp3) is 0.286. The van der Waals surface area contributed by atoms with E-state index in [0.29, 0.717) is 5.75 Å². The molecule has 0 saturated heterocycles. The number of hydrogen-bond acceptors (Lipinski definition) is 8. The molecule has 0 saturated carbocycles. The number of thioether (sulfide) groups is 1. The largest absolute Gasteiger partial charge is 0.493 e. The first kappa shape index (κ1) is 18.8. The van der Waals surface area contributed by atoms with Gasteiger partial charge in [-0.15, -0.1) is 22.7 Å². The second-order valence-electron chi connectivity index (χ2n) is 6.72. The zero-order chi connectivity index (χ0) is 19.8. The average Bonchev–Trinajstić information content (AvgIpc) is 3.47. The van der Waals surface area contributed by atoms with Gasteiger partial charge in [0.1, 0.15) is 21.2 Å². The first-order valence-electron chi connectivity index (χ1n) is 9.31. The van der Waals surface area contributed by atoms with Gasteiger partial charge in [-0.25, -0.2) is 15.0 Å². The summed E-state index contributed by atoms with van der Waals surface area (Å²) in [5.74, 6) is 2.23. The molecule has 0 fully saturated rings. The Morgan fingerprint density at radius 3 is 2.86 bits per heavy atom. The van der Waals surface area contributed by atoms with Crippen LogP contribution in [0.25, 0.3) is 20.8 Å². The van der Waals surface area contributed by atoms with Crippen LogP contribution in [-0.4, -0.2) is 29.2 Å². The number of thiophene rings is 1. The molecule has 0 amide bonds. The summed E-state index contributed by atoms with van der Waals surface area (Å²) in [4.78, 5) is 16.5. The van der Waals surface area contributed by atoms with Crippen LogP contribution in [0, 0.1) is 0 Å². The van der Waals surface area contributed by atoms with Gasteiger partial charge in [0, 0.05) is 27.0 Å². The van der Waals surface area contributed by atoms with Gasteiger partial charge >= 0.3 is 0 Å². The molecule has 0 atom stereocenters. The van der Waals surface area contributed by atoms with Crippen molar-refractivity contribution in [2.75, 3.05) is 14.2 Å². The van der Waals surface area contributed by atoms with Crippen LogP contribution in [0.3, 0.4) is 0 Å². The third-order valence-electron chi connectivity index (χ3n) is 5.01. The highest BCUT2D eigenvalue weighted by molar-refractivity contribution is 7.98. The molecular weight excluding hydrogens is 422 g/mol. The fourth-order valence-electron chi connectivity index (χ4n) is 3.63. The van der Waals surface area contributed by atoms with Crippen molar-refractivity contribution >= 4 is 44.7 Å². The second kappa shape index (κ2) is 7.93. The molecule has 1 aromatic carbocycles. The van der Waals surface area contributed by atoms with Crippen molar-refractivity contribution in [3.05, 3.63) is 46.0 Å². The highest BCUT2D eigenvalue weighted by atomic mass is 32.2. The van der Waals surface area contributed by atoms with Gasteiger partial charge in [0.2, 0.25) is 0 Å². The number of hydrogen-bond donors (Lipinski definition) is 0. The molecular formula is C21H19N3O2S3. The van der Waals surface area contributed by atoms with Crippen LogP contribution < -0.4 is 9.47 Å². The van der Waals surface area contributed by atoms with Gasteiger partial charge in [-0.2, -0.15) is 0 Å². The predicted octanol–water partition coefficient (Wildman–Crippen LogP) is 5.61. The van der Waals surface area contributed by atoms with E-state index >= 15 is 0 Å². The molecule has 0 N–H and O–H groups in total. The molecule has 0 unspecified atom stereocenters. The number of rotatable bonds is 6. The molecule has 0 spiro atoms. The first-order valence-corrected chi connectivity index (χ1v) is 12.0. The monoisotopic (exact) mass is 441 g/mol. The van der Waals surface area contributed by atoms with Crippen molar-refractivity contribution in [2.24, 2.45) is 0 Å². The van der Waals surface area contributed by atoms with E-state index in [9.17, 15) is 0 Å². The van der Waals surface area contributed by atoms with Gasteiger partial charge in [0.05, 0.1) is 19.9 Å². The van der Waals surface area contributed by atoms with Crippen LogP contribution in [0.5, 0.6) is 11.5 Å². The molecule has 148 valence electrons. The quantitative estimate of drug-likeness (QED) is 0.286. The van der Waals surface area contributed by atoms with Crippen LogP contribution in [-0.2, 0) is 18.6 Å². The van der Waals surface area contributed by atoms with Crippen molar-refractivity contribution < 1.29 is 9.47 Å². The van der Waals surface area contributed by atoms with Gasteiger partial charge < -0.3 is 9.47 Å². The fourth-order valence-corrected chi connectivity index (χ4v) is 6.76. The lowest BCUT2D eigenvalue weighted by Gasteiger charge is -2.08. The van der Waals surface area contributed by atoms with Gasteiger partial charge in [0.15, 0.2) is 11.5 Å². The minimum atomic E-state index is 0.714. The van der Waals surface area contributed by atoms with Crippen LogP contribution in [0.4, 0.5) is 0 Å². The first-order chi connectivity index (χ1) is 14.3. The number of nitrogens with zero attached hydrogens (tertiary/aromatic N) is 3. The minimum absolute atomic E-state index is 0.714. The maximum absolute atomic E-state index is 5.41. The molecule has 1 aliphatic rings. The smallest absolute Gasteiger partial charge is 0.161 e. The molecule has 4 aromatic rings. The van der Waals surface area contributed by atoms with Crippen LogP contribution in [0.1, 0.15) is 22.6 Å². The lowest BCUT2D eigenvalue weighted by Crippen LogP contribution is -1.91. The third kappa shape index (κ3) is 3.49. The van der Waals surface area contributed by atoms with Crippen molar-refractivity contribution in [2.45, 2.75) is 30.0 Å². The number of aromatic nitrogens is 3. The third-order valence-corrected chi connectivity index (χ3v) is 8.17.